The highest BCUT2D eigenvalue weighted by atomic mass is 16.5. The zero-order valence-electron chi connectivity index (χ0n) is 14.4. The predicted molar refractivity (Wildman–Crippen MR) is 90.5 cm³/mol. The smallest absolute Gasteiger partial charge is 0.135 e. The average Bonchev–Trinajstić information content (AvgIpc) is 2.59. The first-order chi connectivity index (χ1) is 11.1. The van der Waals surface area contributed by atoms with E-state index in [4.69, 9.17) is 4.74 Å². The molecular weight excluding hydrogens is 290 g/mol. The average molecular weight is 319 g/mol. The molecule has 2 unspecified atom stereocenters. The number of piperidine rings is 1. The van der Waals surface area contributed by atoms with Crippen LogP contribution in [0.3, 0.4) is 0 Å². The second-order valence-electron chi connectivity index (χ2n) is 7.10. The van der Waals surface area contributed by atoms with Gasteiger partial charge in [-0.15, -0.1) is 0 Å². The Morgan fingerprint density at radius 2 is 2.17 bits per heavy atom. The molecule has 0 bridgehead atoms. The van der Waals surface area contributed by atoms with Crippen LogP contribution in [0, 0.1) is 11.8 Å². The van der Waals surface area contributed by atoms with Gasteiger partial charge in [0.05, 0.1) is 5.60 Å². The van der Waals surface area contributed by atoms with Crippen LogP contribution in [0.1, 0.15) is 45.1 Å². The van der Waals surface area contributed by atoms with Crippen LogP contribution in [0.5, 0.6) is 0 Å². The van der Waals surface area contributed by atoms with Crippen LogP contribution in [-0.2, 0) is 11.2 Å². The first-order valence-corrected chi connectivity index (χ1v) is 8.99. The SMILES string of the molecule is CCCc1cncnc1N1CCC(O)(C2CCOCC2)C(C)C1. The van der Waals surface area contributed by atoms with Gasteiger partial charge in [-0.1, -0.05) is 20.3 Å². The standard InChI is InChI=1S/C18H29N3O2/c1-3-4-15-11-19-13-20-17(15)21-8-7-18(22,14(2)12-21)16-5-9-23-10-6-16/h11,13-14,16,22H,3-10,12H2,1-2H3. The summed E-state index contributed by atoms with van der Waals surface area (Å²) in [5, 5.41) is 11.3. The monoisotopic (exact) mass is 319 g/mol. The van der Waals surface area contributed by atoms with Crippen LogP contribution in [0.25, 0.3) is 0 Å². The molecule has 3 heterocycles. The lowest BCUT2D eigenvalue weighted by molar-refractivity contribution is -0.108. The Morgan fingerprint density at radius 3 is 2.87 bits per heavy atom. The molecule has 2 atom stereocenters. The van der Waals surface area contributed by atoms with Gasteiger partial charge in [-0.05, 0) is 31.6 Å². The van der Waals surface area contributed by atoms with Crippen molar-refractivity contribution in [3.63, 3.8) is 0 Å². The molecule has 128 valence electrons. The van der Waals surface area contributed by atoms with Crippen molar-refractivity contribution in [1.29, 1.82) is 0 Å². The lowest BCUT2D eigenvalue weighted by atomic mass is 9.70. The van der Waals surface area contributed by atoms with Crippen molar-refractivity contribution in [2.45, 2.75) is 51.6 Å². The van der Waals surface area contributed by atoms with Crippen molar-refractivity contribution in [3.05, 3.63) is 18.1 Å². The summed E-state index contributed by atoms with van der Waals surface area (Å²) in [7, 11) is 0. The van der Waals surface area contributed by atoms with Crippen LogP contribution < -0.4 is 4.90 Å². The summed E-state index contributed by atoms with van der Waals surface area (Å²) < 4.78 is 5.47. The van der Waals surface area contributed by atoms with Gasteiger partial charge in [0, 0.05) is 44.0 Å². The number of aryl methyl sites for hydroxylation is 1. The molecule has 0 saturated carbocycles. The minimum Gasteiger partial charge on any atom is -0.389 e. The Kier molecular flexibility index (Phi) is 5.17. The second-order valence-corrected chi connectivity index (χ2v) is 7.10. The fourth-order valence-corrected chi connectivity index (χ4v) is 4.22. The van der Waals surface area contributed by atoms with Crippen LogP contribution in [0.15, 0.2) is 12.5 Å². The van der Waals surface area contributed by atoms with Gasteiger partial charge in [-0.3, -0.25) is 0 Å². The maximum atomic E-state index is 11.3. The number of rotatable bonds is 4. The molecule has 1 aromatic rings. The van der Waals surface area contributed by atoms with E-state index in [0.717, 1.165) is 64.2 Å². The van der Waals surface area contributed by atoms with Crippen LogP contribution >= 0.6 is 0 Å². The molecule has 0 radical (unpaired) electrons. The van der Waals surface area contributed by atoms with E-state index in [-0.39, 0.29) is 5.92 Å². The summed E-state index contributed by atoms with van der Waals surface area (Å²) in [6.45, 7) is 7.67. The van der Waals surface area contributed by atoms with E-state index in [1.165, 1.54) is 5.56 Å². The summed E-state index contributed by atoms with van der Waals surface area (Å²) in [5.41, 5.74) is 0.664. The van der Waals surface area contributed by atoms with Gasteiger partial charge in [-0.25, -0.2) is 9.97 Å². The molecule has 23 heavy (non-hydrogen) atoms. The van der Waals surface area contributed by atoms with Gasteiger partial charge in [0.15, 0.2) is 0 Å². The normalized spacial score (nSPS) is 29.7. The zero-order valence-corrected chi connectivity index (χ0v) is 14.4. The van der Waals surface area contributed by atoms with E-state index in [1.807, 2.05) is 6.20 Å². The van der Waals surface area contributed by atoms with Gasteiger partial charge in [-0.2, -0.15) is 0 Å². The van der Waals surface area contributed by atoms with Crippen LogP contribution in [-0.4, -0.2) is 47.0 Å². The second kappa shape index (κ2) is 7.14. The molecule has 5 nitrogen and oxygen atoms in total. The minimum atomic E-state index is -0.557. The number of aromatic nitrogens is 2. The van der Waals surface area contributed by atoms with E-state index in [9.17, 15) is 5.11 Å². The number of hydrogen-bond donors (Lipinski definition) is 1. The molecule has 0 aliphatic carbocycles. The number of aliphatic hydroxyl groups is 1. The fourth-order valence-electron chi connectivity index (χ4n) is 4.22. The highest BCUT2D eigenvalue weighted by Crippen LogP contribution is 2.40. The Hall–Kier alpha value is -1.20. The number of ether oxygens (including phenoxy) is 1. The molecular formula is C18H29N3O2. The van der Waals surface area contributed by atoms with Gasteiger partial charge in [0.1, 0.15) is 12.1 Å². The van der Waals surface area contributed by atoms with Crippen molar-refractivity contribution in [2.24, 2.45) is 11.8 Å². The summed E-state index contributed by atoms with van der Waals surface area (Å²) in [4.78, 5) is 11.0. The zero-order chi connectivity index (χ0) is 16.3. The highest BCUT2D eigenvalue weighted by molar-refractivity contribution is 5.46. The Bertz CT molecular complexity index is 519. The summed E-state index contributed by atoms with van der Waals surface area (Å²) in [5.74, 6) is 1.67. The van der Waals surface area contributed by atoms with Crippen LogP contribution in [0.2, 0.25) is 0 Å². The topological polar surface area (TPSA) is 58.5 Å². The number of anilines is 1. The molecule has 2 fully saturated rings. The van der Waals surface area contributed by atoms with Gasteiger partial charge in [0.2, 0.25) is 0 Å². The Morgan fingerprint density at radius 1 is 1.39 bits per heavy atom. The summed E-state index contributed by atoms with van der Waals surface area (Å²) >= 11 is 0. The van der Waals surface area contributed by atoms with Gasteiger partial charge < -0.3 is 14.7 Å². The van der Waals surface area contributed by atoms with E-state index in [1.54, 1.807) is 6.33 Å². The van der Waals surface area contributed by atoms with Crippen molar-refractivity contribution in [1.82, 2.24) is 9.97 Å². The third-order valence-corrected chi connectivity index (χ3v) is 5.64. The van der Waals surface area contributed by atoms with Gasteiger partial charge >= 0.3 is 0 Å². The van der Waals surface area contributed by atoms with Crippen molar-refractivity contribution in [2.75, 3.05) is 31.2 Å². The Labute approximate surface area is 139 Å². The van der Waals surface area contributed by atoms with E-state index < -0.39 is 5.60 Å². The molecule has 5 heteroatoms. The van der Waals surface area contributed by atoms with E-state index in [2.05, 4.69) is 28.7 Å². The Balaban J connectivity index is 1.73. The maximum absolute atomic E-state index is 11.3. The molecule has 2 aliphatic heterocycles. The van der Waals surface area contributed by atoms with Crippen molar-refractivity contribution < 1.29 is 9.84 Å². The molecule has 0 spiro atoms. The maximum Gasteiger partial charge on any atom is 0.135 e. The highest BCUT2D eigenvalue weighted by Gasteiger charge is 2.45. The summed E-state index contributed by atoms with van der Waals surface area (Å²) in [6, 6.07) is 0. The molecule has 2 aliphatic rings. The number of nitrogens with zero attached hydrogens (tertiary/aromatic N) is 3. The first-order valence-electron chi connectivity index (χ1n) is 8.99. The quantitative estimate of drug-likeness (QED) is 0.923. The first kappa shape index (κ1) is 16.7. The third-order valence-electron chi connectivity index (χ3n) is 5.64. The molecule has 1 N–H and O–H groups in total. The van der Waals surface area contributed by atoms with Crippen LogP contribution in [0.4, 0.5) is 5.82 Å². The fraction of sp³-hybridized carbons (Fsp3) is 0.778. The lowest BCUT2D eigenvalue weighted by Crippen LogP contribution is -2.56. The predicted octanol–water partition coefficient (Wildman–Crippen LogP) is 2.43. The molecule has 3 rings (SSSR count). The summed E-state index contributed by atoms with van der Waals surface area (Å²) in [6.07, 6.45) is 8.45. The largest absolute Gasteiger partial charge is 0.389 e. The van der Waals surface area contributed by atoms with Gasteiger partial charge in [0.25, 0.3) is 0 Å². The molecule has 0 amide bonds. The third kappa shape index (κ3) is 3.36. The lowest BCUT2D eigenvalue weighted by Gasteiger charge is -2.49. The minimum absolute atomic E-state index is 0.240. The van der Waals surface area contributed by atoms with E-state index in [0.29, 0.717) is 5.92 Å². The molecule has 1 aromatic heterocycles. The molecule has 2 saturated heterocycles. The number of hydrogen-bond acceptors (Lipinski definition) is 5. The van der Waals surface area contributed by atoms with Crippen molar-refractivity contribution in [3.8, 4) is 0 Å². The van der Waals surface area contributed by atoms with E-state index >= 15 is 0 Å². The molecule has 0 aromatic carbocycles. The van der Waals surface area contributed by atoms with Crippen molar-refractivity contribution >= 4 is 5.82 Å².